The third-order valence-corrected chi connectivity index (χ3v) is 2.49. The first-order chi connectivity index (χ1) is 8.15. The lowest BCUT2D eigenvalue weighted by Crippen LogP contribution is -1.99. The van der Waals surface area contributed by atoms with Crippen molar-refractivity contribution in [3.63, 3.8) is 0 Å². The van der Waals surface area contributed by atoms with Crippen LogP contribution in [0.25, 0.3) is 11.1 Å². The van der Waals surface area contributed by atoms with Crippen molar-refractivity contribution in [2.45, 2.75) is 6.92 Å². The van der Waals surface area contributed by atoms with E-state index in [0.717, 1.165) is 5.56 Å². The van der Waals surface area contributed by atoms with Gasteiger partial charge in [-0.15, -0.1) is 0 Å². The number of hydrogen-bond acceptors (Lipinski definition) is 4. The van der Waals surface area contributed by atoms with Gasteiger partial charge in [-0.25, -0.2) is 4.79 Å². The molecule has 0 radical (unpaired) electrons. The van der Waals surface area contributed by atoms with E-state index in [0.29, 0.717) is 11.3 Å². The van der Waals surface area contributed by atoms with Crippen molar-refractivity contribution in [2.24, 2.45) is 0 Å². The maximum Gasteiger partial charge on any atom is 0.377 e. The largest absolute Gasteiger partial charge is 0.504 e. The molecule has 4 heteroatoms. The van der Waals surface area contributed by atoms with Crippen molar-refractivity contribution < 1.29 is 19.1 Å². The fraction of sp³-hybridized carbons (Fsp3) is 0.154. The van der Waals surface area contributed by atoms with Crippen LogP contribution in [0.1, 0.15) is 16.3 Å². The molecule has 4 nitrogen and oxygen atoms in total. The molecule has 0 saturated heterocycles. The number of ether oxygens (including phenoxy) is 1. The Labute approximate surface area is 98.4 Å². The highest BCUT2D eigenvalue weighted by atomic mass is 16.5. The van der Waals surface area contributed by atoms with Crippen LogP contribution >= 0.6 is 0 Å². The summed E-state index contributed by atoms with van der Waals surface area (Å²) >= 11 is 0. The van der Waals surface area contributed by atoms with E-state index in [-0.39, 0.29) is 11.5 Å². The van der Waals surface area contributed by atoms with Crippen molar-refractivity contribution in [1.82, 2.24) is 0 Å². The van der Waals surface area contributed by atoms with E-state index >= 15 is 0 Å². The molecule has 2 aromatic rings. The van der Waals surface area contributed by atoms with E-state index in [2.05, 4.69) is 4.74 Å². The summed E-state index contributed by atoms with van der Waals surface area (Å²) in [5, 5.41) is 9.97. The van der Waals surface area contributed by atoms with Crippen molar-refractivity contribution in [3.05, 3.63) is 41.9 Å². The predicted octanol–water partition coefficient (Wildman–Crippen LogP) is 2.75. The molecule has 0 unspecified atom stereocenters. The summed E-state index contributed by atoms with van der Waals surface area (Å²) in [7, 11) is 1.24. The maximum atomic E-state index is 11.4. The van der Waals surface area contributed by atoms with E-state index in [4.69, 9.17) is 4.42 Å². The standard InChI is InChI=1S/C13H12O4/c1-8-10(9-6-4-3-5-7-9)11(14)12(17-8)13(15)16-2/h3-7,14H,1-2H3. The van der Waals surface area contributed by atoms with Gasteiger partial charge in [0.25, 0.3) is 5.76 Å². The van der Waals surface area contributed by atoms with Gasteiger partial charge in [0.15, 0.2) is 5.75 Å². The van der Waals surface area contributed by atoms with Gasteiger partial charge < -0.3 is 14.3 Å². The first-order valence-electron chi connectivity index (χ1n) is 5.11. The molecule has 0 atom stereocenters. The Kier molecular flexibility index (Phi) is 2.87. The number of furan rings is 1. The molecule has 17 heavy (non-hydrogen) atoms. The predicted molar refractivity (Wildman–Crippen MR) is 61.9 cm³/mol. The lowest BCUT2D eigenvalue weighted by atomic mass is 10.1. The molecule has 0 aliphatic carbocycles. The molecule has 0 aliphatic heterocycles. The van der Waals surface area contributed by atoms with Crippen molar-refractivity contribution in [3.8, 4) is 16.9 Å². The minimum Gasteiger partial charge on any atom is -0.504 e. The van der Waals surface area contributed by atoms with Crippen LogP contribution in [0.2, 0.25) is 0 Å². The maximum absolute atomic E-state index is 11.4. The second-order valence-electron chi connectivity index (χ2n) is 3.57. The van der Waals surface area contributed by atoms with E-state index in [9.17, 15) is 9.90 Å². The average molecular weight is 232 g/mol. The zero-order valence-corrected chi connectivity index (χ0v) is 9.56. The van der Waals surface area contributed by atoms with E-state index in [1.54, 1.807) is 6.92 Å². The molecule has 0 aliphatic rings. The van der Waals surface area contributed by atoms with Crippen molar-refractivity contribution in [1.29, 1.82) is 0 Å². The van der Waals surface area contributed by atoms with Crippen LogP contribution in [-0.2, 0) is 4.74 Å². The summed E-state index contributed by atoms with van der Waals surface area (Å²) in [6.07, 6.45) is 0. The van der Waals surface area contributed by atoms with E-state index in [1.165, 1.54) is 7.11 Å². The van der Waals surface area contributed by atoms with Gasteiger partial charge in [-0.2, -0.15) is 0 Å². The Bertz CT molecular complexity index is 540. The van der Waals surface area contributed by atoms with Gasteiger partial charge in [0.1, 0.15) is 5.76 Å². The number of rotatable bonds is 2. The Hall–Kier alpha value is -2.23. The van der Waals surface area contributed by atoms with Gasteiger partial charge in [-0.1, -0.05) is 30.3 Å². The highest BCUT2D eigenvalue weighted by Crippen LogP contribution is 2.37. The molecular weight excluding hydrogens is 220 g/mol. The van der Waals surface area contributed by atoms with Crippen molar-refractivity contribution >= 4 is 5.97 Å². The molecule has 0 bridgehead atoms. The molecule has 0 fully saturated rings. The van der Waals surface area contributed by atoms with Gasteiger partial charge in [0, 0.05) is 0 Å². The smallest absolute Gasteiger partial charge is 0.377 e. The van der Waals surface area contributed by atoms with Crippen LogP contribution < -0.4 is 0 Å². The molecular formula is C13H12O4. The van der Waals surface area contributed by atoms with Crippen LogP contribution in [0, 0.1) is 6.92 Å². The molecule has 2 rings (SSSR count). The number of carbonyl (C=O) groups is 1. The first-order valence-corrected chi connectivity index (χ1v) is 5.11. The van der Waals surface area contributed by atoms with E-state index < -0.39 is 5.97 Å². The monoisotopic (exact) mass is 232 g/mol. The number of aromatic hydroxyl groups is 1. The highest BCUT2D eigenvalue weighted by Gasteiger charge is 2.24. The van der Waals surface area contributed by atoms with Crippen LogP contribution in [0.3, 0.4) is 0 Å². The molecule has 0 saturated carbocycles. The molecule has 1 heterocycles. The van der Waals surface area contributed by atoms with E-state index in [1.807, 2.05) is 30.3 Å². The minimum absolute atomic E-state index is 0.163. The highest BCUT2D eigenvalue weighted by molar-refractivity contribution is 5.93. The second kappa shape index (κ2) is 4.33. The summed E-state index contributed by atoms with van der Waals surface area (Å²) in [5.74, 6) is -0.550. The second-order valence-corrected chi connectivity index (χ2v) is 3.57. The number of carbonyl (C=O) groups excluding carboxylic acids is 1. The quantitative estimate of drug-likeness (QED) is 0.809. The number of hydrogen-bond donors (Lipinski definition) is 1. The van der Waals surface area contributed by atoms with Gasteiger partial charge in [0.05, 0.1) is 12.7 Å². The first kappa shape index (κ1) is 11.3. The Morgan fingerprint density at radius 2 is 1.94 bits per heavy atom. The summed E-state index contributed by atoms with van der Waals surface area (Å²) in [5.41, 5.74) is 1.31. The SMILES string of the molecule is COC(=O)c1oc(C)c(-c2ccccc2)c1O. The van der Waals surface area contributed by atoms with Gasteiger partial charge in [-0.3, -0.25) is 0 Å². The molecule has 1 N–H and O–H groups in total. The lowest BCUT2D eigenvalue weighted by molar-refractivity contribution is 0.0559. The third kappa shape index (κ3) is 1.89. The van der Waals surface area contributed by atoms with Crippen LogP contribution in [0.5, 0.6) is 5.75 Å². The molecule has 0 spiro atoms. The Morgan fingerprint density at radius 3 is 2.53 bits per heavy atom. The topological polar surface area (TPSA) is 59.7 Å². The van der Waals surface area contributed by atoms with Crippen molar-refractivity contribution in [2.75, 3.05) is 7.11 Å². The fourth-order valence-corrected chi connectivity index (χ4v) is 1.71. The van der Waals surface area contributed by atoms with Crippen LogP contribution in [0.4, 0.5) is 0 Å². The number of benzene rings is 1. The molecule has 88 valence electrons. The molecule has 1 aromatic carbocycles. The third-order valence-electron chi connectivity index (χ3n) is 2.49. The average Bonchev–Trinajstić information content (AvgIpc) is 2.65. The molecule has 1 aromatic heterocycles. The Morgan fingerprint density at radius 1 is 1.29 bits per heavy atom. The summed E-state index contributed by atoms with van der Waals surface area (Å²) in [6.45, 7) is 1.69. The fourth-order valence-electron chi connectivity index (χ4n) is 1.71. The zero-order valence-electron chi connectivity index (χ0n) is 9.56. The van der Waals surface area contributed by atoms with Gasteiger partial charge in [-0.05, 0) is 12.5 Å². The summed E-state index contributed by atoms with van der Waals surface area (Å²) < 4.78 is 9.76. The van der Waals surface area contributed by atoms with Gasteiger partial charge in [0.2, 0.25) is 0 Å². The summed E-state index contributed by atoms with van der Waals surface area (Å²) in [4.78, 5) is 11.4. The Balaban J connectivity index is 2.57. The van der Waals surface area contributed by atoms with Crippen LogP contribution in [-0.4, -0.2) is 18.2 Å². The van der Waals surface area contributed by atoms with Crippen LogP contribution in [0.15, 0.2) is 34.7 Å². The number of methoxy groups -OCH3 is 1. The number of esters is 1. The zero-order chi connectivity index (χ0) is 12.4. The summed E-state index contributed by atoms with van der Waals surface area (Å²) in [6, 6.07) is 9.23. The normalized spacial score (nSPS) is 10.2. The number of aryl methyl sites for hydroxylation is 1. The minimum atomic E-state index is -0.687. The molecule has 0 amide bonds. The lowest BCUT2D eigenvalue weighted by Gasteiger charge is -1.99. The van der Waals surface area contributed by atoms with Gasteiger partial charge >= 0.3 is 5.97 Å².